The minimum absolute atomic E-state index is 0.186. The Morgan fingerprint density at radius 1 is 1.39 bits per heavy atom. The molecule has 100 valence electrons. The quantitative estimate of drug-likeness (QED) is 0.627. The molecule has 0 saturated heterocycles. The lowest BCUT2D eigenvalue weighted by molar-refractivity contribution is -0.136. The molecule has 5 nitrogen and oxygen atoms in total. The van der Waals surface area contributed by atoms with Gasteiger partial charge in [0.25, 0.3) is 0 Å². The highest BCUT2D eigenvalue weighted by atomic mass is 32.2. The van der Waals surface area contributed by atoms with E-state index in [1.165, 1.54) is 25.1 Å². The number of esters is 1. The van der Waals surface area contributed by atoms with Crippen molar-refractivity contribution in [3.63, 3.8) is 0 Å². The number of methoxy groups -OCH3 is 1. The lowest BCUT2D eigenvalue weighted by atomic mass is 10.2. The number of carboxylic acid groups (broad SMARTS) is 1. The number of rotatable bonds is 3. The van der Waals surface area contributed by atoms with Crippen LogP contribution in [-0.4, -0.2) is 33.9 Å². The Kier molecular flexibility index (Phi) is 4.11. The molecule has 0 radical (unpaired) electrons. The van der Waals surface area contributed by atoms with E-state index in [2.05, 4.69) is 4.74 Å². The first-order valence-corrected chi connectivity index (χ1v) is 6.21. The molecule has 1 aliphatic rings. The van der Waals surface area contributed by atoms with Gasteiger partial charge in [-0.2, -0.15) is 0 Å². The molecule has 0 saturated carbocycles. The molecule has 0 aromatic rings. The van der Waals surface area contributed by atoms with E-state index < -0.39 is 16.8 Å². The normalized spacial score (nSPS) is 17.2. The highest BCUT2D eigenvalue weighted by Gasteiger charge is 2.40. The largest absolute Gasteiger partial charge is 0.477 e. The first kappa shape index (κ1) is 14.6. The van der Waals surface area contributed by atoms with E-state index in [-0.39, 0.29) is 5.70 Å². The molecule has 0 bridgehead atoms. The van der Waals surface area contributed by atoms with Gasteiger partial charge < -0.3 is 14.7 Å². The minimum Gasteiger partial charge on any atom is -0.477 e. The van der Waals surface area contributed by atoms with Crippen molar-refractivity contribution in [1.82, 2.24) is 4.90 Å². The number of carboxylic acids is 1. The summed E-state index contributed by atoms with van der Waals surface area (Å²) < 4.78 is 4.66. The predicted octanol–water partition coefficient (Wildman–Crippen LogP) is 2.16. The molecule has 0 amide bonds. The van der Waals surface area contributed by atoms with Gasteiger partial charge in [0.1, 0.15) is 10.6 Å². The molecule has 0 aromatic carbocycles. The van der Waals surface area contributed by atoms with Crippen molar-refractivity contribution < 1.29 is 19.4 Å². The summed E-state index contributed by atoms with van der Waals surface area (Å²) in [4.78, 5) is 24.3. The molecule has 0 fully saturated rings. The fraction of sp³-hybridized carbons (Fsp3) is 0.500. The van der Waals surface area contributed by atoms with Crippen LogP contribution in [0.5, 0.6) is 0 Å². The van der Waals surface area contributed by atoms with Crippen molar-refractivity contribution >= 4 is 23.7 Å². The lowest BCUT2D eigenvalue weighted by Gasteiger charge is -2.32. The summed E-state index contributed by atoms with van der Waals surface area (Å²) in [5, 5.41) is 9.26. The van der Waals surface area contributed by atoms with E-state index in [4.69, 9.17) is 0 Å². The van der Waals surface area contributed by atoms with Crippen LogP contribution in [0.2, 0.25) is 0 Å². The number of allylic oxidation sites excluding steroid dienone is 1. The first-order valence-electron chi connectivity index (χ1n) is 5.40. The van der Waals surface area contributed by atoms with Crippen molar-refractivity contribution in [2.75, 3.05) is 7.11 Å². The van der Waals surface area contributed by atoms with Crippen LogP contribution in [0.25, 0.3) is 0 Å². The number of carbonyl (C=O) groups is 2. The Morgan fingerprint density at radius 3 is 2.33 bits per heavy atom. The van der Waals surface area contributed by atoms with Crippen LogP contribution >= 0.6 is 11.8 Å². The number of thioether (sulfide) groups is 1. The van der Waals surface area contributed by atoms with Crippen molar-refractivity contribution in [3.8, 4) is 0 Å². The molecular formula is C12H17NO4S. The van der Waals surface area contributed by atoms with E-state index in [0.29, 0.717) is 10.5 Å². The van der Waals surface area contributed by atoms with Gasteiger partial charge >= 0.3 is 11.9 Å². The second-order valence-corrected chi connectivity index (χ2v) is 6.20. The molecule has 1 aliphatic heterocycles. The number of nitrogens with zero attached hydrogens (tertiary/aromatic N) is 1. The summed E-state index contributed by atoms with van der Waals surface area (Å²) in [6, 6.07) is 0. The minimum atomic E-state index is -1.01. The van der Waals surface area contributed by atoms with Gasteiger partial charge in [-0.3, -0.25) is 0 Å². The van der Waals surface area contributed by atoms with Crippen LogP contribution in [0.1, 0.15) is 27.7 Å². The average molecular weight is 271 g/mol. The van der Waals surface area contributed by atoms with Gasteiger partial charge in [0.2, 0.25) is 0 Å². The van der Waals surface area contributed by atoms with E-state index in [1.807, 2.05) is 13.8 Å². The second-order valence-electron chi connectivity index (χ2n) is 4.56. The molecular weight excluding hydrogens is 254 g/mol. The number of hydrogen-bond donors (Lipinski definition) is 1. The van der Waals surface area contributed by atoms with Crippen molar-refractivity contribution in [2.24, 2.45) is 0 Å². The fourth-order valence-corrected chi connectivity index (χ4v) is 2.81. The molecule has 6 heteroatoms. The number of aliphatic carboxylic acids is 1. The summed E-state index contributed by atoms with van der Waals surface area (Å²) in [5.74, 6) is -1.46. The summed E-state index contributed by atoms with van der Waals surface area (Å²) in [5.41, 5.74) is 0.866. The van der Waals surface area contributed by atoms with Gasteiger partial charge in [-0.15, -0.1) is 0 Å². The van der Waals surface area contributed by atoms with Gasteiger partial charge in [-0.1, -0.05) is 11.8 Å². The standard InChI is InChI=1S/C12H17NO4S/c1-7(2)9(10(14)15)13-6-8(11(16)17-5)18-12(13,3)4/h6H,1-5H3,(H,14,15). The summed E-state index contributed by atoms with van der Waals surface area (Å²) in [7, 11) is 1.30. The molecule has 0 aliphatic carbocycles. The van der Waals surface area contributed by atoms with Crippen LogP contribution in [0, 0.1) is 0 Å². The number of hydrogen-bond acceptors (Lipinski definition) is 5. The third-order valence-electron chi connectivity index (χ3n) is 2.49. The summed E-state index contributed by atoms with van der Waals surface area (Å²) >= 11 is 1.29. The maximum atomic E-state index is 11.5. The van der Waals surface area contributed by atoms with E-state index in [9.17, 15) is 14.7 Å². The second kappa shape index (κ2) is 5.06. The fourth-order valence-electron chi connectivity index (χ4n) is 1.70. The Balaban J connectivity index is 3.22. The highest BCUT2D eigenvalue weighted by Crippen LogP contribution is 2.44. The van der Waals surface area contributed by atoms with Crippen LogP contribution < -0.4 is 0 Å². The maximum Gasteiger partial charge on any atom is 0.352 e. The Morgan fingerprint density at radius 2 is 1.94 bits per heavy atom. The van der Waals surface area contributed by atoms with Gasteiger partial charge in [0.15, 0.2) is 0 Å². The van der Waals surface area contributed by atoms with Crippen LogP contribution in [0.4, 0.5) is 0 Å². The Hall–Kier alpha value is -1.43. The van der Waals surface area contributed by atoms with Gasteiger partial charge in [0, 0.05) is 6.20 Å². The van der Waals surface area contributed by atoms with Crippen molar-refractivity contribution in [1.29, 1.82) is 0 Å². The molecule has 0 aromatic heterocycles. The third-order valence-corrected chi connectivity index (χ3v) is 3.68. The molecule has 1 rings (SSSR count). The smallest absolute Gasteiger partial charge is 0.352 e. The third kappa shape index (κ3) is 2.69. The van der Waals surface area contributed by atoms with Gasteiger partial charge in [-0.05, 0) is 33.3 Å². The summed E-state index contributed by atoms with van der Waals surface area (Å²) in [6.45, 7) is 7.17. The molecule has 0 unspecified atom stereocenters. The molecule has 0 spiro atoms. The Bertz CT molecular complexity index is 447. The van der Waals surface area contributed by atoms with Crippen molar-refractivity contribution in [2.45, 2.75) is 32.6 Å². The zero-order valence-corrected chi connectivity index (χ0v) is 11.9. The van der Waals surface area contributed by atoms with Crippen LogP contribution in [0.15, 0.2) is 22.4 Å². The molecule has 1 N–H and O–H groups in total. The van der Waals surface area contributed by atoms with Crippen molar-refractivity contribution in [3.05, 3.63) is 22.4 Å². The first-order chi connectivity index (χ1) is 8.20. The number of carbonyl (C=O) groups excluding carboxylic acids is 1. The SMILES string of the molecule is COC(=O)C1=CN(C(C(=O)O)=C(C)C)C(C)(C)S1. The van der Waals surface area contributed by atoms with E-state index in [0.717, 1.165) is 0 Å². The van der Waals surface area contributed by atoms with E-state index in [1.54, 1.807) is 18.7 Å². The van der Waals surface area contributed by atoms with Crippen LogP contribution in [-0.2, 0) is 14.3 Å². The predicted molar refractivity (Wildman–Crippen MR) is 69.6 cm³/mol. The average Bonchev–Trinajstić information content (AvgIpc) is 2.53. The summed E-state index contributed by atoms with van der Waals surface area (Å²) in [6.07, 6.45) is 1.53. The van der Waals surface area contributed by atoms with Crippen LogP contribution in [0.3, 0.4) is 0 Å². The van der Waals surface area contributed by atoms with Gasteiger partial charge in [0.05, 0.1) is 12.0 Å². The lowest BCUT2D eigenvalue weighted by Crippen LogP contribution is -2.36. The maximum absolute atomic E-state index is 11.5. The van der Waals surface area contributed by atoms with E-state index >= 15 is 0 Å². The monoisotopic (exact) mass is 271 g/mol. The topological polar surface area (TPSA) is 66.8 Å². The molecule has 1 heterocycles. The zero-order chi connectivity index (χ0) is 14.1. The molecule has 18 heavy (non-hydrogen) atoms. The number of ether oxygens (including phenoxy) is 1. The Labute approximate surface area is 110 Å². The molecule has 0 atom stereocenters. The van der Waals surface area contributed by atoms with Gasteiger partial charge in [-0.25, -0.2) is 9.59 Å². The zero-order valence-electron chi connectivity index (χ0n) is 11.1. The highest BCUT2D eigenvalue weighted by molar-refractivity contribution is 8.05.